The zero-order valence-electron chi connectivity index (χ0n) is 14.6. The van der Waals surface area contributed by atoms with E-state index in [-0.39, 0.29) is 11.8 Å². The van der Waals surface area contributed by atoms with Crippen LogP contribution in [0.3, 0.4) is 0 Å². The quantitative estimate of drug-likeness (QED) is 0.719. The first-order valence-corrected chi connectivity index (χ1v) is 7.77. The van der Waals surface area contributed by atoms with E-state index in [0.29, 0.717) is 18.4 Å². The molecule has 0 fully saturated rings. The van der Waals surface area contributed by atoms with E-state index in [1.54, 1.807) is 12.1 Å². The lowest BCUT2D eigenvalue weighted by Crippen LogP contribution is -2.28. The van der Waals surface area contributed by atoms with Crippen molar-refractivity contribution in [2.75, 3.05) is 7.05 Å². The molecule has 1 aromatic rings. The van der Waals surface area contributed by atoms with Gasteiger partial charge in [0.2, 0.25) is 5.91 Å². The van der Waals surface area contributed by atoms with Crippen molar-refractivity contribution in [1.82, 2.24) is 5.32 Å². The van der Waals surface area contributed by atoms with Gasteiger partial charge >= 0.3 is 0 Å². The number of hydrogen-bond donors (Lipinski definition) is 2. The van der Waals surface area contributed by atoms with E-state index in [4.69, 9.17) is 0 Å². The van der Waals surface area contributed by atoms with Gasteiger partial charge in [0.25, 0.3) is 5.91 Å². The maximum Gasteiger partial charge on any atom is 0.258 e. The fourth-order valence-electron chi connectivity index (χ4n) is 1.46. The molecular formula is C17H32N2O2. The number of carbonyl (C=O) groups is 2. The van der Waals surface area contributed by atoms with Gasteiger partial charge in [0.15, 0.2) is 0 Å². The normalized spacial score (nSPS) is 11.0. The molecule has 2 amide bonds. The second-order valence-corrected chi connectivity index (χ2v) is 3.03. The molecule has 0 bridgehead atoms. The minimum absolute atomic E-state index is 0.193. The number of nitrogens with two attached hydrogens (primary N) is 1. The Hall–Kier alpha value is -1.68. The Labute approximate surface area is 130 Å². The van der Waals surface area contributed by atoms with Crippen LogP contribution in [0.15, 0.2) is 24.3 Å². The summed E-state index contributed by atoms with van der Waals surface area (Å²) in [5, 5.41) is 2.32. The standard InChI is InChI=1S/C10H9NO2.3C2H6.CH5N/c12-9-6-5-7-3-1-2-4-8(7)10(13)11-9;4*1-2/h1-4H,5-6H2,(H,11,12,13);3*1-2H3;2H2,1H3. The first-order chi connectivity index (χ1) is 10.3. The van der Waals surface area contributed by atoms with Crippen LogP contribution < -0.4 is 11.1 Å². The minimum Gasteiger partial charge on any atom is -0.333 e. The van der Waals surface area contributed by atoms with Crippen molar-refractivity contribution < 1.29 is 9.59 Å². The zero-order chi connectivity index (χ0) is 17.3. The summed E-state index contributed by atoms with van der Waals surface area (Å²) in [5.74, 6) is -0.473. The molecule has 3 N–H and O–H groups in total. The number of rotatable bonds is 0. The van der Waals surface area contributed by atoms with Crippen molar-refractivity contribution in [3.8, 4) is 0 Å². The predicted octanol–water partition coefficient (Wildman–Crippen LogP) is 3.54. The van der Waals surface area contributed by atoms with E-state index in [1.807, 2.05) is 53.7 Å². The smallest absolute Gasteiger partial charge is 0.258 e. The van der Waals surface area contributed by atoms with Crippen molar-refractivity contribution in [2.45, 2.75) is 54.4 Å². The molecule has 0 unspecified atom stereocenters. The van der Waals surface area contributed by atoms with Gasteiger partial charge < -0.3 is 5.73 Å². The molecule has 0 atom stereocenters. The van der Waals surface area contributed by atoms with Gasteiger partial charge in [0.1, 0.15) is 0 Å². The van der Waals surface area contributed by atoms with Gasteiger partial charge in [-0.05, 0) is 25.1 Å². The summed E-state index contributed by atoms with van der Waals surface area (Å²) in [6.45, 7) is 12.0. The van der Waals surface area contributed by atoms with Gasteiger partial charge in [-0.25, -0.2) is 0 Å². The predicted molar refractivity (Wildman–Crippen MR) is 91.4 cm³/mol. The third-order valence-corrected chi connectivity index (χ3v) is 2.14. The Morgan fingerprint density at radius 2 is 1.33 bits per heavy atom. The Morgan fingerprint density at radius 1 is 0.857 bits per heavy atom. The van der Waals surface area contributed by atoms with Gasteiger partial charge in [-0.15, -0.1) is 0 Å². The first-order valence-electron chi connectivity index (χ1n) is 7.77. The summed E-state index contributed by atoms with van der Waals surface area (Å²) >= 11 is 0. The second kappa shape index (κ2) is 18.3. The molecule has 2 rings (SSSR count). The number of nitrogens with one attached hydrogen (secondary N) is 1. The highest BCUT2D eigenvalue weighted by Gasteiger charge is 2.18. The average Bonchev–Trinajstić information content (AvgIpc) is 2.74. The molecule has 0 saturated carbocycles. The van der Waals surface area contributed by atoms with Crippen LogP contribution in [-0.4, -0.2) is 18.9 Å². The van der Waals surface area contributed by atoms with Crippen LogP contribution in [0.4, 0.5) is 0 Å². The van der Waals surface area contributed by atoms with E-state index in [0.717, 1.165) is 5.56 Å². The van der Waals surface area contributed by atoms with E-state index in [1.165, 1.54) is 7.05 Å². The van der Waals surface area contributed by atoms with Gasteiger partial charge in [-0.3, -0.25) is 14.9 Å². The van der Waals surface area contributed by atoms with Crippen molar-refractivity contribution >= 4 is 11.8 Å². The van der Waals surface area contributed by atoms with Gasteiger partial charge in [-0.2, -0.15) is 0 Å². The zero-order valence-corrected chi connectivity index (χ0v) is 14.6. The number of carbonyl (C=O) groups excluding carboxylic acids is 2. The van der Waals surface area contributed by atoms with Crippen LogP contribution in [-0.2, 0) is 11.2 Å². The highest BCUT2D eigenvalue weighted by molar-refractivity contribution is 6.06. The highest BCUT2D eigenvalue weighted by atomic mass is 16.2. The lowest BCUT2D eigenvalue weighted by molar-refractivity contribution is -0.119. The molecule has 1 heterocycles. The molecule has 0 aliphatic carbocycles. The third kappa shape index (κ3) is 9.79. The first kappa shape index (κ1) is 24.3. The van der Waals surface area contributed by atoms with Crippen LogP contribution in [0.5, 0.6) is 0 Å². The Morgan fingerprint density at radius 3 is 1.86 bits per heavy atom. The van der Waals surface area contributed by atoms with Crippen LogP contribution in [0.1, 0.15) is 63.9 Å². The third-order valence-electron chi connectivity index (χ3n) is 2.14. The number of hydrogen-bond acceptors (Lipinski definition) is 3. The molecule has 0 saturated heterocycles. The summed E-state index contributed by atoms with van der Waals surface area (Å²) in [4.78, 5) is 22.4. The van der Waals surface area contributed by atoms with Gasteiger partial charge in [0.05, 0.1) is 0 Å². The van der Waals surface area contributed by atoms with Crippen molar-refractivity contribution in [3.63, 3.8) is 0 Å². The lowest BCUT2D eigenvalue weighted by Gasteiger charge is -2.01. The molecule has 0 spiro atoms. The number of aryl methyl sites for hydroxylation is 1. The molecule has 1 aliphatic rings. The van der Waals surface area contributed by atoms with E-state index in [2.05, 4.69) is 11.1 Å². The summed E-state index contributed by atoms with van der Waals surface area (Å²) in [5.41, 5.74) is 6.07. The monoisotopic (exact) mass is 296 g/mol. The summed E-state index contributed by atoms with van der Waals surface area (Å²) in [6, 6.07) is 7.30. The Bertz CT molecular complexity index is 377. The molecule has 4 nitrogen and oxygen atoms in total. The molecule has 1 aromatic carbocycles. The van der Waals surface area contributed by atoms with Crippen LogP contribution >= 0.6 is 0 Å². The maximum atomic E-state index is 11.4. The summed E-state index contributed by atoms with van der Waals surface area (Å²) in [7, 11) is 1.50. The van der Waals surface area contributed by atoms with E-state index >= 15 is 0 Å². The fraction of sp³-hybridized carbons (Fsp3) is 0.529. The van der Waals surface area contributed by atoms with Crippen LogP contribution in [0.2, 0.25) is 0 Å². The second-order valence-electron chi connectivity index (χ2n) is 3.03. The fourth-order valence-corrected chi connectivity index (χ4v) is 1.46. The SMILES string of the molecule is CC.CC.CC.CN.O=C1CCc2ccccc2C(=O)N1. The Balaban J connectivity index is -0.000000353. The Kier molecular flexibility index (Phi) is 21.2. The molecule has 21 heavy (non-hydrogen) atoms. The van der Waals surface area contributed by atoms with E-state index in [9.17, 15) is 9.59 Å². The lowest BCUT2D eigenvalue weighted by atomic mass is 10.0. The number of amides is 2. The van der Waals surface area contributed by atoms with Crippen molar-refractivity contribution in [3.05, 3.63) is 35.4 Å². The number of imide groups is 1. The van der Waals surface area contributed by atoms with Crippen LogP contribution in [0, 0.1) is 0 Å². The molecule has 122 valence electrons. The molecule has 4 heteroatoms. The van der Waals surface area contributed by atoms with E-state index < -0.39 is 0 Å². The maximum absolute atomic E-state index is 11.4. The highest BCUT2D eigenvalue weighted by Crippen LogP contribution is 2.13. The van der Waals surface area contributed by atoms with Gasteiger partial charge in [-0.1, -0.05) is 59.7 Å². The summed E-state index contributed by atoms with van der Waals surface area (Å²) < 4.78 is 0. The topological polar surface area (TPSA) is 72.2 Å². The van der Waals surface area contributed by atoms with Gasteiger partial charge in [0, 0.05) is 12.0 Å². The molecular weight excluding hydrogens is 264 g/mol. The number of benzene rings is 1. The van der Waals surface area contributed by atoms with Crippen LogP contribution in [0.25, 0.3) is 0 Å². The average molecular weight is 296 g/mol. The molecule has 0 radical (unpaired) electrons. The minimum atomic E-state index is -0.280. The van der Waals surface area contributed by atoms with Crippen molar-refractivity contribution in [2.24, 2.45) is 5.73 Å². The molecule has 0 aromatic heterocycles. The summed E-state index contributed by atoms with van der Waals surface area (Å²) in [6.07, 6.45) is 1.04. The number of fused-ring (bicyclic) bond motifs is 1. The van der Waals surface area contributed by atoms with Crippen molar-refractivity contribution in [1.29, 1.82) is 0 Å². The molecule has 1 aliphatic heterocycles. The largest absolute Gasteiger partial charge is 0.333 e.